The number of nitrogen functional groups attached to an aromatic ring is 1. The van der Waals surface area contributed by atoms with Crippen molar-refractivity contribution in [1.82, 2.24) is 14.5 Å². The molecule has 5 heteroatoms. The first-order chi connectivity index (χ1) is 11.8. The molecular formula is C20H19FN4. The Hall–Kier alpha value is -2.95. The van der Waals surface area contributed by atoms with E-state index in [9.17, 15) is 4.39 Å². The fraction of sp³-hybridized carbons (Fsp3) is 0.200. The molecule has 126 valence electrons. The third-order valence-electron chi connectivity index (χ3n) is 4.47. The van der Waals surface area contributed by atoms with Gasteiger partial charge in [-0.2, -0.15) is 0 Å². The minimum absolute atomic E-state index is 0.0104. The normalized spacial score (nSPS) is 12.2. The second-order valence-electron chi connectivity index (χ2n) is 7.29. The molecule has 0 atom stereocenters. The molecule has 0 bridgehead atoms. The van der Waals surface area contributed by atoms with Gasteiger partial charge >= 0.3 is 0 Å². The minimum Gasteiger partial charge on any atom is -0.396 e. The van der Waals surface area contributed by atoms with Crippen molar-refractivity contribution in [3.63, 3.8) is 0 Å². The van der Waals surface area contributed by atoms with Crippen LogP contribution in [-0.2, 0) is 5.41 Å². The van der Waals surface area contributed by atoms with Crippen molar-refractivity contribution in [3.05, 3.63) is 60.4 Å². The van der Waals surface area contributed by atoms with Gasteiger partial charge in [0.05, 0.1) is 17.4 Å². The maximum Gasteiger partial charge on any atom is 0.146 e. The van der Waals surface area contributed by atoms with Crippen molar-refractivity contribution in [2.75, 3.05) is 5.73 Å². The van der Waals surface area contributed by atoms with Crippen LogP contribution >= 0.6 is 0 Å². The van der Waals surface area contributed by atoms with E-state index < -0.39 is 5.82 Å². The van der Waals surface area contributed by atoms with Gasteiger partial charge in [0.15, 0.2) is 0 Å². The fourth-order valence-corrected chi connectivity index (χ4v) is 2.98. The van der Waals surface area contributed by atoms with Crippen molar-refractivity contribution in [2.45, 2.75) is 26.2 Å². The Morgan fingerprint density at radius 3 is 2.56 bits per heavy atom. The van der Waals surface area contributed by atoms with Gasteiger partial charge in [-0.25, -0.2) is 9.37 Å². The monoisotopic (exact) mass is 334 g/mol. The van der Waals surface area contributed by atoms with E-state index >= 15 is 0 Å². The standard InChI is InChI=1S/C20H19FN4/c1-20(2,3)17-8-12-6-7-25(16(12)11-23-17)18-9-14-13(10-24-18)4-5-15(21)19(14)22/h4-11H,22H2,1-3H3. The molecular weight excluding hydrogens is 315 g/mol. The number of rotatable bonds is 1. The van der Waals surface area contributed by atoms with Crippen LogP contribution in [0.15, 0.2) is 48.9 Å². The maximum absolute atomic E-state index is 13.8. The van der Waals surface area contributed by atoms with E-state index in [0.29, 0.717) is 11.2 Å². The quantitative estimate of drug-likeness (QED) is 0.518. The lowest BCUT2D eigenvalue weighted by Gasteiger charge is -2.17. The summed E-state index contributed by atoms with van der Waals surface area (Å²) < 4.78 is 15.7. The molecule has 0 saturated heterocycles. The SMILES string of the molecule is CC(C)(C)c1cc2ccn(-c3cc4c(N)c(F)ccc4cn3)c2cn1. The van der Waals surface area contributed by atoms with Gasteiger partial charge in [0, 0.05) is 39.7 Å². The van der Waals surface area contributed by atoms with E-state index in [1.807, 2.05) is 29.1 Å². The van der Waals surface area contributed by atoms with Crippen LogP contribution in [-0.4, -0.2) is 14.5 Å². The van der Waals surface area contributed by atoms with E-state index in [1.165, 1.54) is 6.07 Å². The number of aromatic nitrogens is 3. The number of hydrogen-bond donors (Lipinski definition) is 1. The second-order valence-corrected chi connectivity index (χ2v) is 7.29. The molecule has 25 heavy (non-hydrogen) atoms. The van der Waals surface area contributed by atoms with E-state index in [-0.39, 0.29) is 11.1 Å². The molecule has 4 aromatic rings. The smallest absolute Gasteiger partial charge is 0.146 e. The molecule has 1 aromatic carbocycles. The number of hydrogen-bond acceptors (Lipinski definition) is 3. The number of benzene rings is 1. The zero-order valence-corrected chi connectivity index (χ0v) is 14.4. The summed E-state index contributed by atoms with van der Waals surface area (Å²) in [5, 5.41) is 2.56. The predicted molar refractivity (Wildman–Crippen MR) is 99.4 cm³/mol. The van der Waals surface area contributed by atoms with Gasteiger partial charge in [-0.1, -0.05) is 20.8 Å². The number of halogens is 1. The Balaban J connectivity index is 1.90. The van der Waals surface area contributed by atoms with Gasteiger partial charge in [0.1, 0.15) is 11.6 Å². The van der Waals surface area contributed by atoms with Crippen LogP contribution in [0.2, 0.25) is 0 Å². The molecule has 0 saturated carbocycles. The maximum atomic E-state index is 13.8. The largest absolute Gasteiger partial charge is 0.396 e. The highest BCUT2D eigenvalue weighted by atomic mass is 19.1. The minimum atomic E-state index is -0.418. The number of nitrogens with two attached hydrogens (primary N) is 1. The number of nitrogens with zero attached hydrogens (tertiary/aromatic N) is 3. The molecule has 0 aliphatic rings. The van der Waals surface area contributed by atoms with E-state index in [4.69, 9.17) is 5.73 Å². The Morgan fingerprint density at radius 1 is 1.00 bits per heavy atom. The number of anilines is 1. The van der Waals surface area contributed by atoms with Crippen LogP contribution in [0.4, 0.5) is 10.1 Å². The highest BCUT2D eigenvalue weighted by molar-refractivity contribution is 5.94. The van der Waals surface area contributed by atoms with Crippen LogP contribution in [0.5, 0.6) is 0 Å². The van der Waals surface area contributed by atoms with Gasteiger partial charge < -0.3 is 5.73 Å². The van der Waals surface area contributed by atoms with Crippen molar-refractivity contribution in [1.29, 1.82) is 0 Å². The van der Waals surface area contributed by atoms with Gasteiger partial charge in [0.2, 0.25) is 0 Å². The van der Waals surface area contributed by atoms with Gasteiger partial charge in [-0.15, -0.1) is 0 Å². The molecule has 3 aromatic heterocycles. The lowest BCUT2D eigenvalue weighted by molar-refractivity contribution is 0.570. The van der Waals surface area contributed by atoms with E-state index in [1.54, 1.807) is 12.3 Å². The highest BCUT2D eigenvalue weighted by Gasteiger charge is 2.17. The van der Waals surface area contributed by atoms with Crippen LogP contribution in [0, 0.1) is 5.82 Å². The molecule has 0 aliphatic heterocycles. The molecule has 0 radical (unpaired) electrons. The van der Waals surface area contributed by atoms with Crippen molar-refractivity contribution in [2.24, 2.45) is 0 Å². The summed E-state index contributed by atoms with van der Waals surface area (Å²) in [6, 6.07) is 8.99. The lowest BCUT2D eigenvalue weighted by atomic mass is 9.91. The van der Waals surface area contributed by atoms with Crippen LogP contribution in [0.1, 0.15) is 26.5 Å². The summed E-state index contributed by atoms with van der Waals surface area (Å²) in [4.78, 5) is 9.10. The molecule has 4 rings (SSSR count). The number of fused-ring (bicyclic) bond motifs is 2. The Kier molecular flexibility index (Phi) is 3.29. The first-order valence-corrected chi connectivity index (χ1v) is 8.16. The second kappa shape index (κ2) is 5.28. The molecule has 4 nitrogen and oxygen atoms in total. The lowest BCUT2D eigenvalue weighted by Crippen LogP contribution is -2.13. The Labute approximate surface area is 145 Å². The fourth-order valence-electron chi connectivity index (χ4n) is 2.98. The predicted octanol–water partition coefficient (Wildman–Crippen LogP) is 4.59. The third-order valence-corrected chi connectivity index (χ3v) is 4.47. The van der Waals surface area contributed by atoms with Crippen molar-refractivity contribution in [3.8, 4) is 5.82 Å². The molecule has 0 spiro atoms. The topological polar surface area (TPSA) is 56.7 Å². The molecule has 0 aliphatic carbocycles. The van der Waals surface area contributed by atoms with Crippen LogP contribution in [0.3, 0.4) is 0 Å². The Bertz CT molecular complexity index is 1110. The van der Waals surface area contributed by atoms with Gasteiger partial charge in [0.25, 0.3) is 0 Å². The summed E-state index contributed by atoms with van der Waals surface area (Å²) in [7, 11) is 0. The van der Waals surface area contributed by atoms with Crippen molar-refractivity contribution >= 4 is 27.4 Å². The average molecular weight is 334 g/mol. The van der Waals surface area contributed by atoms with Crippen molar-refractivity contribution < 1.29 is 4.39 Å². The number of pyridine rings is 2. The summed E-state index contributed by atoms with van der Waals surface area (Å²) in [6.07, 6.45) is 5.52. The summed E-state index contributed by atoms with van der Waals surface area (Å²) >= 11 is 0. The van der Waals surface area contributed by atoms with Crippen LogP contribution < -0.4 is 5.73 Å². The first kappa shape index (κ1) is 15.6. The third kappa shape index (κ3) is 2.52. The zero-order chi connectivity index (χ0) is 17.8. The molecule has 3 heterocycles. The first-order valence-electron chi connectivity index (χ1n) is 8.16. The molecule has 0 unspecified atom stereocenters. The summed E-state index contributed by atoms with van der Waals surface area (Å²) in [5.74, 6) is 0.267. The van der Waals surface area contributed by atoms with Gasteiger partial charge in [-0.3, -0.25) is 9.55 Å². The van der Waals surface area contributed by atoms with E-state index in [0.717, 1.165) is 22.0 Å². The zero-order valence-electron chi connectivity index (χ0n) is 14.4. The highest BCUT2D eigenvalue weighted by Crippen LogP contribution is 2.28. The average Bonchev–Trinajstić information content (AvgIpc) is 3.00. The molecule has 2 N–H and O–H groups in total. The summed E-state index contributed by atoms with van der Waals surface area (Å²) in [5.41, 5.74) is 8.02. The van der Waals surface area contributed by atoms with Gasteiger partial charge in [-0.05, 0) is 30.3 Å². The van der Waals surface area contributed by atoms with E-state index in [2.05, 4.69) is 36.8 Å². The summed E-state index contributed by atoms with van der Waals surface area (Å²) in [6.45, 7) is 6.42. The molecule has 0 fully saturated rings. The van der Waals surface area contributed by atoms with Crippen LogP contribution in [0.25, 0.3) is 27.5 Å². The molecule has 0 amide bonds. The Morgan fingerprint density at radius 2 is 1.80 bits per heavy atom.